The second kappa shape index (κ2) is 6.52. The van der Waals surface area contributed by atoms with Crippen LogP contribution in [-0.4, -0.2) is 28.4 Å². The van der Waals surface area contributed by atoms with E-state index in [0.29, 0.717) is 13.0 Å². The van der Waals surface area contributed by atoms with Gasteiger partial charge in [0, 0.05) is 23.9 Å². The lowest BCUT2D eigenvalue weighted by Gasteiger charge is -2.19. The molecular weight excluding hydrogens is 262 g/mol. The third-order valence-electron chi connectivity index (χ3n) is 3.11. The second-order valence-electron chi connectivity index (χ2n) is 4.64. The van der Waals surface area contributed by atoms with E-state index in [2.05, 4.69) is 0 Å². The molecule has 0 radical (unpaired) electrons. The van der Waals surface area contributed by atoms with Gasteiger partial charge in [-0.3, -0.25) is 4.79 Å². The molecule has 0 unspecified atom stereocenters. The molecule has 1 N–H and O–H groups in total. The van der Waals surface area contributed by atoms with Crippen LogP contribution in [0.15, 0.2) is 17.5 Å². The molecule has 0 spiro atoms. The maximum absolute atomic E-state index is 11.9. The summed E-state index contributed by atoms with van der Waals surface area (Å²) in [6.45, 7) is 1.47. The van der Waals surface area contributed by atoms with Gasteiger partial charge < -0.3 is 10.0 Å². The molecule has 0 bridgehead atoms. The first-order valence-corrected chi connectivity index (χ1v) is 7.29. The Morgan fingerprint density at radius 1 is 1.42 bits per heavy atom. The van der Waals surface area contributed by atoms with Crippen molar-refractivity contribution in [2.75, 3.05) is 6.54 Å². The molecule has 1 amide bonds. The Labute approximate surface area is 116 Å². The van der Waals surface area contributed by atoms with E-state index in [4.69, 9.17) is 5.11 Å². The topological polar surface area (TPSA) is 57.6 Å². The first-order valence-electron chi connectivity index (χ1n) is 6.41. The highest BCUT2D eigenvalue weighted by Gasteiger charge is 2.17. The highest BCUT2D eigenvalue weighted by atomic mass is 32.1. The number of carbonyl (C=O) groups excluding carboxylic acids is 1. The summed E-state index contributed by atoms with van der Waals surface area (Å²) in [5.41, 5.74) is 0.879. The van der Waals surface area contributed by atoms with Gasteiger partial charge in [-0.2, -0.15) is 0 Å². The molecule has 0 saturated carbocycles. The maximum Gasteiger partial charge on any atom is 0.328 e. The van der Waals surface area contributed by atoms with E-state index in [0.717, 1.165) is 42.3 Å². The Bertz CT molecular complexity index is 493. The number of carboxylic acid groups (broad SMARTS) is 1. The highest BCUT2D eigenvalue weighted by Crippen LogP contribution is 2.20. The zero-order valence-corrected chi connectivity index (χ0v) is 11.5. The van der Waals surface area contributed by atoms with Gasteiger partial charge >= 0.3 is 5.97 Å². The minimum Gasteiger partial charge on any atom is -0.478 e. The largest absolute Gasteiger partial charge is 0.478 e. The zero-order valence-electron chi connectivity index (χ0n) is 10.7. The third-order valence-corrected chi connectivity index (χ3v) is 4.05. The van der Waals surface area contributed by atoms with Crippen LogP contribution in [0.4, 0.5) is 0 Å². The summed E-state index contributed by atoms with van der Waals surface area (Å²) in [6, 6.07) is 1.95. The number of carbonyl (C=O) groups is 2. The minimum absolute atomic E-state index is 0.230. The van der Waals surface area contributed by atoms with Crippen LogP contribution in [0.3, 0.4) is 0 Å². The van der Waals surface area contributed by atoms with Crippen LogP contribution in [0.25, 0.3) is 6.08 Å². The van der Waals surface area contributed by atoms with Gasteiger partial charge in [-0.1, -0.05) is 6.42 Å². The van der Waals surface area contributed by atoms with Crippen molar-refractivity contribution in [3.8, 4) is 0 Å². The summed E-state index contributed by atoms with van der Waals surface area (Å²) in [7, 11) is 0. The van der Waals surface area contributed by atoms with E-state index >= 15 is 0 Å². The number of rotatable bonds is 4. The van der Waals surface area contributed by atoms with Gasteiger partial charge in [0.1, 0.15) is 0 Å². The molecule has 2 heterocycles. The third kappa shape index (κ3) is 4.21. The SMILES string of the molecule is O=C(O)C=Cc1csc(CN2CCCCCC2=O)c1. The molecule has 1 aromatic heterocycles. The number of thiophene rings is 1. The van der Waals surface area contributed by atoms with Gasteiger partial charge in [-0.05, 0) is 35.9 Å². The fourth-order valence-corrected chi connectivity index (χ4v) is 3.00. The highest BCUT2D eigenvalue weighted by molar-refractivity contribution is 7.10. The lowest BCUT2D eigenvalue weighted by atomic mass is 10.2. The Balaban J connectivity index is 1.98. The summed E-state index contributed by atoms with van der Waals surface area (Å²) in [5, 5.41) is 10.5. The predicted molar refractivity (Wildman–Crippen MR) is 74.9 cm³/mol. The smallest absolute Gasteiger partial charge is 0.328 e. The van der Waals surface area contributed by atoms with E-state index in [1.165, 1.54) is 0 Å². The van der Waals surface area contributed by atoms with Crippen molar-refractivity contribution in [1.82, 2.24) is 4.90 Å². The standard InChI is InChI=1S/C14H17NO3S/c16-13-4-2-1-3-7-15(13)9-12-8-11(10-19-12)5-6-14(17)18/h5-6,8,10H,1-4,7,9H2,(H,17,18). The van der Waals surface area contributed by atoms with Crippen molar-refractivity contribution in [1.29, 1.82) is 0 Å². The number of hydrogen-bond donors (Lipinski definition) is 1. The van der Waals surface area contributed by atoms with Gasteiger partial charge in [0.05, 0.1) is 6.54 Å². The van der Waals surface area contributed by atoms with E-state index in [-0.39, 0.29) is 5.91 Å². The molecule has 19 heavy (non-hydrogen) atoms. The monoisotopic (exact) mass is 279 g/mol. The predicted octanol–water partition coefficient (Wildman–Crippen LogP) is 2.75. The van der Waals surface area contributed by atoms with Crippen LogP contribution >= 0.6 is 11.3 Å². The summed E-state index contributed by atoms with van der Waals surface area (Å²) in [6.07, 6.45) is 6.54. The van der Waals surface area contributed by atoms with Crippen LogP contribution in [0, 0.1) is 0 Å². The fourth-order valence-electron chi connectivity index (χ4n) is 2.13. The van der Waals surface area contributed by atoms with Crippen molar-refractivity contribution in [3.05, 3.63) is 28.0 Å². The summed E-state index contributed by atoms with van der Waals surface area (Å²) >= 11 is 1.57. The molecule has 1 aliphatic rings. The molecule has 102 valence electrons. The Morgan fingerprint density at radius 3 is 3.05 bits per heavy atom. The van der Waals surface area contributed by atoms with Crippen molar-refractivity contribution >= 4 is 29.3 Å². The molecule has 1 aliphatic heterocycles. The van der Waals surface area contributed by atoms with Gasteiger partial charge in [0.15, 0.2) is 0 Å². The van der Waals surface area contributed by atoms with Crippen LogP contribution in [0.2, 0.25) is 0 Å². The molecule has 1 fully saturated rings. The van der Waals surface area contributed by atoms with Crippen molar-refractivity contribution < 1.29 is 14.7 Å². The molecule has 4 nitrogen and oxygen atoms in total. The average molecular weight is 279 g/mol. The van der Waals surface area contributed by atoms with E-state index < -0.39 is 5.97 Å². The molecule has 1 saturated heterocycles. The minimum atomic E-state index is -0.949. The van der Waals surface area contributed by atoms with Crippen molar-refractivity contribution in [2.24, 2.45) is 0 Å². The van der Waals surface area contributed by atoms with Crippen LogP contribution in [0.5, 0.6) is 0 Å². The maximum atomic E-state index is 11.9. The molecule has 0 aromatic carbocycles. The number of amides is 1. The number of nitrogens with zero attached hydrogens (tertiary/aromatic N) is 1. The molecule has 0 aliphatic carbocycles. The molecular formula is C14H17NO3S. The average Bonchev–Trinajstić information content (AvgIpc) is 2.72. The second-order valence-corrected chi connectivity index (χ2v) is 5.64. The quantitative estimate of drug-likeness (QED) is 0.862. The first kappa shape index (κ1) is 13.8. The Kier molecular flexibility index (Phi) is 4.74. The van der Waals surface area contributed by atoms with Crippen LogP contribution < -0.4 is 0 Å². The van der Waals surface area contributed by atoms with Gasteiger partial charge in [0.2, 0.25) is 5.91 Å². The molecule has 1 aromatic rings. The van der Waals surface area contributed by atoms with Crippen molar-refractivity contribution in [2.45, 2.75) is 32.2 Å². The summed E-state index contributed by atoms with van der Waals surface area (Å²) < 4.78 is 0. The zero-order chi connectivity index (χ0) is 13.7. The normalized spacial score (nSPS) is 16.8. The molecule has 0 atom stereocenters. The van der Waals surface area contributed by atoms with Crippen LogP contribution in [-0.2, 0) is 16.1 Å². The number of likely N-dealkylation sites (tertiary alicyclic amines) is 1. The van der Waals surface area contributed by atoms with E-state index in [1.807, 2.05) is 16.3 Å². The fraction of sp³-hybridized carbons (Fsp3) is 0.429. The Hall–Kier alpha value is -1.62. The van der Waals surface area contributed by atoms with E-state index in [9.17, 15) is 9.59 Å². The first-order chi connectivity index (χ1) is 9.15. The van der Waals surface area contributed by atoms with Gasteiger partial charge in [-0.25, -0.2) is 4.79 Å². The lowest BCUT2D eigenvalue weighted by Crippen LogP contribution is -2.29. The number of hydrogen-bond acceptors (Lipinski definition) is 3. The summed E-state index contributed by atoms with van der Waals surface area (Å²) in [5.74, 6) is -0.719. The van der Waals surface area contributed by atoms with Crippen molar-refractivity contribution in [3.63, 3.8) is 0 Å². The molecule has 5 heteroatoms. The summed E-state index contributed by atoms with van der Waals surface area (Å²) in [4.78, 5) is 25.3. The number of aliphatic carboxylic acids is 1. The van der Waals surface area contributed by atoms with Crippen LogP contribution in [0.1, 0.15) is 36.1 Å². The van der Waals surface area contributed by atoms with Gasteiger partial charge in [0.25, 0.3) is 0 Å². The van der Waals surface area contributed by atoms with E-state index in [1.54, 1.807) is 17.4 Å². The Morgan fingerprint density at radius 2 is 2.26 bits per heavy atom. The lowest BCUT2D eigenvalue weighted by molar-refractivity contribution is -0.132. The molecule has 2 rings (SSSR count). The van der Waals surface area contributed by atoms with Gasteiger partial charge in [-0.15, -0.1) is 11.3 Å². The number of carboxylic acids is 1.